The van der Waals surface area contributed by atoms with Crippen molar-refractivity contribution in [1.82, 2.24) is 5.32 Å². The fraction of sp³-hybridized carbons (Fsp3) is 0.529. The SMILES string of the molecule is CC(C)CNCc1coc2ccc(C(C)(C)C)cc12. The summed E-state index contributed by atoms with van der Waals surface area (Å²) in [4.78, 5) is 0. The van der Waals surface area contributed by atoms with Crippen LogP contribution in [0.1, 0.15) is 45.7 Å². The summed E-state index contributed by atoms with van der Waals surface area (Å²) >= 11 is 0. The molecule has 1 N–H and O–H groups in total. The molecular formula is C17H25NO. The molecule has 1 heterocycles. The number of fused-ring (bicyclic) bond motifs is 1. The van der Waals surface area contributed by atoms with Gasteiger partial charge in [-0.25, -0.2) is 0 Å². The molecule has 104 valence electrons. The lowest BCUT2D eigenvalue weighted by molar-refractivity contribution is 0.547. The molecule has 0 atom stereocenters. The Bertz CT molecular complexity index is 546. The molecular weight excluding hydrogens is 234 g/mol. The van der Waals surface area contributed by atoms with Gasteiger partial charge in [-0.05, 0) is 35.6 Å². The summed E-state index contributed by atoms with van der Waals surface area (Å²) in [5, 5.41) is 4.72. The average Bonchev–Trinajstić information content (AvgIpc) is 2.70. The first kappa shape index (κ1) is 14.1. The van der Waals surface area contributed by atoms with Crippen LogP contribution in [0.5, 0.6) is 0 Å². The van der Waals surface area contributed by atoms with Gasteiger partial charge in [-0.3, -0.25) is 0 Å². The second kappa shape index (κ2) is 5.38. The van der Waals surface area contributed by atoms with Crippen molar-refractivity contribution in [3.63, 3.8) is 0 Å². The molecule has 0 saturated carbocycles. The topological polar surface area (TPSA) is 25.2 Å². The van der Waals surface area contributed by atoms with Crippen molar-refractivity contribution in [3.05, 3.63) is 35.6 Å². The molecule has 2 nitrogen and oxygen atoms in total. The fourth-order valence-electron chi connectivity index (χ4n) is 2.18. The number of benzene rings is 1. The van der Waals surface area contributed by atoms with Gasteiger partial charge in [0.15, 0.2) is 0 Å². The first-order valence-electron chi connectivity index (χ1n) is 7.09. The zero-order valence-electron chi connectivity index (χ0n) is 12.7. The first-order chi connectivity index (χ1) is 8.88. The van der Waals surface area contributed by atoms with Gasteiger partial charge in [-0.1, -0.05) is 40.7 Å². The van der Waals surface area contributed by atoms with Crippen molar-refractivity contribution in [3.8, 4) is 0 Å². The molecule has 0 spiro atoms. The second-order valence-corrected chi connectivity index (χ2v) is 6.75. The molecule has 0 fully saturated rings. The maximum absolute atomic E-state index is 5.63. The minimum Gasteiger partial charge on any atom is -0.464 e. The van der Waals surface area contributed by atoms with E-state index in [4.69, 9.17) is 4.42 Å². The highest BCUT2D eigenvalue weighted by molar-refractivity contribution is 5.82. The zero-order valence-corrected chi connectivity index (χ0v) is 12.7. The predicted molar refractivity (Wildman–Crippen MR) is 81.5 cm³/mol. The van der Waals surface area contributed by atoms with Crippen molar-refractivity contribution in [1.29, 1.82) is 0 Å². The van der Waals surface area contributed by atoms with Gasteiger partial charge in [0, 0.05) is 17.5 Å². The van der Waals surface area contributed by atoms with Gasteiger partial charge in [0.1, 0.15) is 5.58 Å². The Morgan fingerprint density at radius 3 is 2.58 bits per heavy atom. The number of hydrogen-bond donors (Lipinski definition) is 1. The standard InChI is InChI=1S/C17H25NO/c1-12(2)9-18-10-13-11-19-16-7-6-14(8-15(13)16)17(3,4)5/h6-8,11-12,18H,9-10H2,1-5H3. The summed E-state index contributed by atoms with van der Waals surface area (Å²) in [6.07, 6.45) is 1.88. The van der Waals surface area contributed by atoms with Crippen LogP contribution in [0, 0.1) is 5.92 Å². The number of hydrogen-bond acceptors (Lipinski definition) is 2. The average molecular weight is 259 g/mol. The Balaban J connectivity index is 2.25. The van der Waals surface area contributed by atoms with Crippen molar-refractivity contribution in [2.45, 2.75) is 46.6 Å². The van der Waals surface area contributed by atoms with E-state index in [1.54, 1.807) is 0 Å². The number of rotatable bonds is 4. The highest BCUT2D eigenvalue weighted by Crippen LogP contribution is 2.28. The molecule has 2 heteroatoms. The van der Waals surface area contributed by atoms with E-state index in [1.807, 2.05) is 6.26 Å². The largest absolute Gasteiger partial charge is 0.464 e. The van der Waals surface area contributed by atoms with Gasteiger partial charge < -0.3 is 9.73 Å². The highest BCUT2D eigenvalue weighted by Gasteiger charge is 2.15. The normalized spacial score (nSPS) is 12.5. The smallest absolute Gasteiger partial charge is 0.134 e. The van der Waals surface area contributed by atoms with Crippen LogP contribution in [0.15, 0.2) is 28.9 Å². The van der Waals surface area contributed by atoms with Gasteiger partial charge in [-0.15, -0.1) is 0 Å². The molecule has 19 heavy (non-hydrogen) atoms. The van der Waals surface area contributed by atoms with Gasteiger partial charge >= 0.3 is 0 Å². The lowest BCUT2D eigenvalue weighted by Crippen LogP contribution is -2.18. The minimum absolute atomic E-state index is 0.175. The molecule has 0 aliphatic heterocycles. The van der Waals surface area contributed by atoms with Crippen LogP contribution in [0.2, 0.25) is 0 Å². The summed E-state index contributed by atoms with van der Waals surface area (Å²) in [7, 11) is 0. The van der Waals surface area contributed by atoms with Crippen LogP contribution in [0.4, 0.5) is 0 Å². The predicted octanol–water partition coefficient (Wildman–Crippen LogP) is 4.48. The van der Waals surface area contributed by atoms with Gasteiger partial charge in [0.2, 0.25) is 0 Å². The molecule has 2 rings (SSSR count). The summed E-state index contributed by atoms with van der Waals surface area (Å²) in [6.45, 7) is 13.1. The lowest BCUT2D eigenvalue weighted by Gasteiger charge is -2.18. The van der Waals surface area contributed by atoms with Crippen LogP contribution in [0.3, 0.4) is 0 Å². The first-order valence-corrected chi connectivity index (χ1v) is 7.09. The van der Waals surface area contributed by atoms with E-state index < -0.39 is 0 Å². The van der Waals surface area contributed by atoms with Crippen LogP contribution in [-0.4, -0.2) is 6.54 Å². The molecule has 0 bridgehead atoms. The Kier molecular flexibility index (Phi) is 4.00. The summed E-state index contributed by atoms with van der Waals surface area (Å²) in [5.41, 5.74) is 3.76. The Morgan fingerprint density at radius 2 is 1.95 bits per heavy atom. The van der Waals surface area contributed by atoms with Crippen molar-refractivity contribution in [2.24, 2.45) is 5.92 Å². The maximum Gasteiger partial charge on any atom is 0.134 e. The van der Waals surface area contributed by atoms with E-state index in [1.165, 1.54) is 16.5 Å². The fourth-order valence-corrected chi connectivity index (χ4v) is 2.18. The molecule has 1 aromatic heterocycles. The quantitative estimate of drug-likeness (QED) is 0.876. The van der Waals surface area contributed by atoms with E-state index in [9.17, 15) is 0 Å². The molecule has 1 aromatic carbocycles. The monoisotopic (exact) mass is 259 g/mol. The van der Waals surface area contributed by atoms with E-state index in [0.717, 1.165) is 18.7 Å². The van der Waals surface area contributed by atoms with Crippen molar-refractivity contribution >= 4 is 11.0 Å². The summed E-state index contributed by atoms with van der Waals surface area (Å²) < 4.78 is 5.63. The van der Waals surface area contributed by atoms with Crippen molar-refractivity contribution < 1.29 is 4.42 Å². The molecule has 0 saturated heterocycles. The highest BCUT2D eigenvalue weighted by atomic mass is 16.3. The Morgan fingerprint density at radius 1 is 1.21 bits per heavy atom. The zero-order chi connectivity index (χ0) is 14.0. The summed E-state index contributed by atoms with van der Waals surface area (Å²) in [5.74, 6) is 0.670. The van der Waals surface area contributed by atoms with Gasteiger partial charge in [0.25, 0.3) is 0 Å². The van der Waals surface area contributed by atoms with E-state index in [2.05, 4.69) is 58.1 Å². The molecule has 0 aliphatic carbocycles. The summed E-state index contributed by atoms with van der Waals surface area (Å²) in [6, 6.07) is 6.52. The van der Waals surface area contributed by atoms with Gasteiger partial charge in [-0.2, -0.15) is 0 Å². The minimum atomic E-state index is 0.175. The number of nitrogens with one attached hydrogen (secondary N) is 1. The van der Waals surface area contributed by atoms with Crippen LogP contribution >= 0.6 is 0 Å². The lowest BCUT2D eigenvalue weighted by atomic mass is 9.86. The van der Waals surface area contributed by atoms with Gasteiger partial charge in [0.05, 0.1) is 6.26 Å². The van der Waals surface area contributed by atoms with Crippen LogP contribution in [-0.2, 0) is 12.0 Å². The molecule has 0 amide bonds. The second-order valence-electron chi connectivity index (χ2n) is 6.75. The molecule has 2 aromatic rings. The van der Waals surface area contributed by atoms with Crippen LogP contribution < -0.4 is 5.32 Å². The van der Waals surface area contributed by atoms with Crippen molar-refractivity contribution in [2.75, 3.05) is 6.54 Å². The third kappa shape index (κ3) is 3.38. The molecule has 0 unspecified atom stereocenters. The third-order valence-electron chi connectivity index (χ3n) is 3.39. The Labute approximate surface area is 116 Å². The van der Waals surface area contributed by atoms with E-state index >= 15 is 0 Å². The maximum atomic E-state index is 5.63. The third-order valence-corrected chi connectivity index (χ3v) is 3.39. The number of furan rings is 1. The van der Waals surface area contributed by atoms with E-state index in [0.29, 0.717) is 5.92 Å². The molecule has 0 aliphatic rings. The van der Waals surface area contributed by atoms with Crippen LogP contribution in [0.25, 0.3) is 11.0 Å². The Hall–Kier alpha value is -1.28. The van der Waals surface area contributed by atoms with E-state index in [-0.39, 0.29) is 5.41 Å². The molecule has 0 radical (unpaired) electrons.